The summed E-state index contributed by atoms with van der Waals surface area (Å²) in [5, 5.41) is 6.48. The predicted molar refractivity (Wildman–Crippen MR) is 85.9 cm³/mol. The number of hydrogen-bond donors (Lipinski definition) is 2. The van der Waals surface area contributed by atoms with E-state index in [0.717, 1.165) is 49.0 Å². The van der Waals surface area contributed by atoms with Crippen molar-refractivity contribution in [1.82, 2.24) is 5.32 Å². The topological polar surface area (TPSA) is 50.4 Å². The summed E-state index contributed by atoms with van der Waals surface area (Å²) in [6.07, 6.45) is 4.24. The summed E-state index contributed by atoms with van der Waals surface area (Å²) in [7, 11) is 1.74. The molecule has 1 amide bonds. The average Bonchev–Trinajstić information content (AvgIpc) is 2.92. The van der Waals surface area contributed by atoms with Crippen molar-refractivity contribution in [2.45, 2.75) is 51.7 Å². The number of carbonyl (C=O) groups is 1. The number of hydrogen-bond acceptors (Lipinski definition) is 3. The van der Waals surface area contributed by atoms with E-state index in [1.54, 1.807) is 7.11 Å². The number of amides is 1. The van der Waals surface area contributed by atoms with Gasteiger partial charge in [0.15, 0.2) is 0 Å². The van der Waals surface area contributed by atoms with Gasteiger partial charge in [0.25, 0.3) is 5.91 Å². The molecule has 0 radical (unpaired) electrons. The molecular formula is C17H26N2O2. The number of benzene rings is 1. The Bertz CT molecular complexity index is 488. The van der Waals surface area contributed by atoms with E-state index in [1.807, 2.05) is 25.1 Å². The van der Waals surface area contributed by atoms with Gasteiger partial charge in [0.05, 0.1) is 11.7 Å². The van der Waals surface area contributed by atoms with E-state index >= 15 is 0 Å². The third kappa shape index (κ3) is 4.21. The van der Waals surface area contributed by atoms with E-state index in [9.17, 15) is 4.79 Å². The maximum absolute atomic E-state index is 12.5. The van der Waals surface area contributed by atoms with Gasteiger partial charge < -0.3 is 15.4 Å². The van der Waals surface area contributed by atoms with Crippen LogP contribution in [-0.4, -0.2) is 31.7 Å². The quantitative estimate of drug-likeness (QED) is 0.846. The summed E-state index contributed by atoms with van der Waals surface area (Å²) in [6.45, 7) is 5.03. The highest BCUT2D eigenvalue weighted by Gasteiger charge is 2.26. The molecule has 2 atom stereocenters. The molecule has 1 aliphatic carbocycles. The molecule has 2 N–H and O–H groups in total. The SMILES string of the molecule is CCCNc1cc(C)ccc1C(=O)NC1CCC(OC)C1. The third-order valence-corrected chi connectivity index (χ3v) is 4.04. The first-order valence-electron chi connectivity index (χ1n) is 7.82. The molecule has 4 nitrogen and oxygen atoms in total. The van der Waals surface area contributed by atoms with E-state index < -0.39 is 0 Å². The number of ether oxygens (including phenoxy) is 1. The predicted octanol–water partition coefficient (Wildman–Crippen LogP) is 3.11. The zero-order valence-corrected chi connectivity index (χ0v) is 13.2. The van der Waals surface area contributed by atoms with Crippen LogP contribution in [0.15, 0.2) is 18.2 Å². The van der Waals surface area contributed by atoms with Crippen LogP contribution < -0.4 is 10.6 Å². The second-order valence-electron chi connectivity index (χ2n) is 5.82. The third-order valence-electron chi connectivity index (χ3n) is 4.04. The van der Waals surface area contributed by atoms with Crippen molar-refractivity contribution in [1.29, 1.82) is 0 Å². The molecule has 1 aliphatic rings. The minimum Gasteiger partial charge on any atom is -0.384 e. The number of carbonyl (C=O) groups excluding carboxylic acids is 1. The second-order valence-corrected chi connectivity index (χ2v) is 5.82. The van der Waals surface area contributed by atoms with Gasteiger partial charge in [-0.1, -0.05) is 13.0 Å². The summed E-state index contributed by atoms with van der Waals surface area (Å²) in [5.41, 5.74) is 2.82. The van der Waals surface area contributed by atoms with Gasteiger partial charge in [-0.25, -0.2) is 0 Å². The average molecular weight is 290 g/mol. The number of rotatable bonds is 6. The van der Waals surface area contributed by atoms with Crippen LogP contribution >= 0.6 is 0 Å². The summed E-state index contributed by atoms with van der Waals surface area (Å²) in [5.74, 6) is 0.00959. The van der Waals surface area contributed by atoms with Gasteiger partial charge in [-0.05, 0) is 50.3 Å². The van der Waals surface area contributed by atoms with E-state index in [4.69, 9.17) is 4.74 Å². The molecule has 116 valence electrons. The van der Waals surface area contributed by atoms with Gasteiger partial charge in [0, 0.05) is 25.4 Å². The molecule has 1 saturated carbocycles. The Balaban J connectivity index is 2.04. The minimum atomic E-state index is 0.00959. The molecule has 1 fully saturated rings. The van der Waals surface area contributed by atoms with Crippen LogP contribution in [0.2, 0.25) is 0 Å². The highest BCUT2D eigenvalue weighted by atomic mass is 16.5. The van der Waals surface area contributed by atoms with Crippen LogP contribution in [0.5, 0.6) is 0 Å². The first kappa shape index (κ1) is 15.8. The monoisotopic (exact) mass is 290 g/mol. The number of anilines is 1. The van der Waals surface area contributed by atoms with E-state index in [-0.39, 0.29) is 18.1 Å². The maximum atomic E-state index is 12.5. The normalized spacial score (nSPS) is 21.3. The van der Waals surface area contributed by atoms with Crippen LogP contribution in [0, 0.1) is 6.92 Å². The largest absolute Gasteiger partial charge is 0.384 e. The molecule has 1 aromatic carbocycles. The van der Waals surface area contributed by atoms with Gasteiger partial charge >= 0.3 is 0 Å². The van der Waals surface area contributed by atoms with E-state index in [0.29, 0.717) is 0 Å². The summed E-state index contributed by atoms with van der Waals surface area (Å²) in [4.78, 5) is 12.5. The van der Waals surface area contributed by atoms with Crippen LogP contribution in [0.25, 0.3) is 0 Å². The van der Waals surface area contributed by atoms with Crippen LogP contribution in [0.3, 0.4) is 0 Å². The van der Waals surface area contributed by atoms with E-state index in [2.05, 4.69) is 17.6 Å². The Morgan fingerprint density at radius 1 is 1.38 bits per heavy atom. The van der Waals surface area contributed by atoms with Crippen LogP contribution in [-0.2, 0) is 4.74 Å². The molecule has 0 spiro atoms. The van der Waals surface area contributed by atoms with Crippen molar-refractivity contribution in [2.75, 3.05) is 19.0 Å². The molecular weight excluding hydrogens is 264 g/mol. The summed E-state index contributed by atoms with van der Waals surface area (Å²) >= 11 is 0. The van der Waals surface area contributed by atoms with Gasteiger partial charge in [0.1, 0.15) is 0 Å². The fourth-order valence-electron chi connectivity index (χ4n) is 2.81. The fraction of sp³-hybridized carbons (Fsp3) is 0.588. The Kier molecular flexibility index (Phi) is 5.62. The van der Waals surface area contributed by atoms with E-state index in [1.165, 1.54) is 0 Å². The lowest BCUT2D eigenvalue weighted by Gasteiger charge is -2.16. The molecule has 0 aliphatic heterocycles. The number of methoxy groups -OCH3 is 1. The molecule has 1 aromatic rings. The fourth-order valence-corrected chi connectivity index (χ4v) is 2.81. The first-order chi connectivity index (χ1) is 10.1. The van der Waals surface area contributed by atoms with Crippen molar-refractivity contribution >= 4 is 11.6 Å². The molecule has 2 unspecified atom stereocenters. The number of nitrogens with one attached hydrogen (secondary N) is 2. The van der Waals surface area contributed by atoms with Gasteiger partial charge in [-0.3, -0.25) is 4.79 Å². The molecule has 0 heterocycles. The van der Waals surface area contributed by atoms with Crippen molar-refractivity contribution in [3.05, 3.63) is 29.3 Å². The number of aryl methyl sites for hydroxylation is 1. The summed E-state index contributed by atoms with van der Waals surface area (Å²) < 4.78 is 5.36. The lowest BCUT2D eigenvalue weighted by atomic mass is 10.1. The molecule has 4 heteroatoms. The van der Waals surface area contributed by atoms with Crippen molar-refractivity contribution in [3.8, 4) is 0 Å². The van der Waals surface area contributed by atoms with Crippen LogP contribution in [0.1, 0.15) is 48.5 Å². The maximum Gasteiger partial charge on any atom is 0.253 e. The minimum absolute atomic E-state index is 0.00959. The molecule has 21 heavy (non-hydrogen) atoms. The van der Waals surface area contributed by atoms with Crippen molar-refractivity contribution < 1.29 is 9.53 Å². The Labute approximate surface area is 127 Å². The highest BCUT2D eigenvalue weighted by Crippen LogP contribution is 2.23. The molecule has 2 rings (SSSR count). The first-order valence-corrected chi connectivity index (χ1v) is 7.82. The lowest BCUT2D eigenvalue weighted by Crippen LogP contribution is -2.33. The highest BCUT2D eigenvalue weighted by molar-refractivity contribution is 5.99. The zero-order chi connectivity index (χ0) is 15.2. The summed E-state index contributed by atoms with van der Waals surface area (Å²) in [6, 6.07) is 6.16. The Hall–Kier alpha value is -1.55. The molecule has 0 saturated heterocycles. The molecule has 0 bridgehead atoms. The van der Waals surface area contributed by atoms with Gasteiger partial charge in [-0.15, -0.1) is 0 Å². The van der Waals surface area contributed by atoms with Crippen molar-refractivity contribution in [2.24, 2.45) is 0 Å². The standard InChI is InChI=1S/C17H26N2O2/c1-4-9-18-16-10-12(2)5-8-15(16)17(20)19-13-6-7-14(11-13)21-3/h5,8,10,13-14,18H,4,6-7,9,11H2,1-3H3,(H,19,20). The Morgan fingerprint density at radius 3 is 2.86 bits per heavy atom. The van der Waals surface area contributed by atoms with Gasteiger partial charge in [0.2, 0.25) is 0 Å². The molecule has 0 aromatic heterocycles. The van der Waals surface area contributed by atoms with Crippen LogP contribution in [0.4, 0.5) is 5.69 Å². The Morgan fingerprint density at radius 2 is 2.19 bits per heavy atom. The smallest absolute Gasteiger partial charge is 0.253 e. The second kappa shape index (κ2) is 7.46. The zero-order valence-electron chi connectivity index (χ0n) is 13.2. The van der Waals surface area contributed by atoms with Crippen molar-refractivity contribution in [3.63, 3.8) is 0 Å². The van der Waals surface area contributed by atoms with Gasteiger partial charge in [-0.2, -0.15) is 0 Å². The lowest BCUT2D eigenvalue weighted by molar-refractivity contribution is 0.0915.